The molecule has 0 aromatic rings. The van der Waals surface area contributed by atoms with Crippen LogP contribution in [-0.4, -0.2) is 0 Å². The van der Waals surface area contributed by atoms with Crippen LogP contribution in [0.15, 0.2) is 22.3 Å². The fraction of sp³-hybridized carbons (Fsp3) is 0.750. The van der Waals surface area contributed by atoms with E-state index in [-0.39, 0.29) is 0 Å². The molecule has 0 saturated carbocycles. The van der Waals surface area contributed by atoms with Gasteiger partial charge in [-0.05, 0) is 40.7 Å². The third-order valence-electron chi connectivity index (χ3n) is 4.34. The van der Waals surface area contributed by atoms with Crippen LogP contribution in [0.4, 0.5) is 0 Å². The zero-order chi connectivity index (χ0) is 15.8. The van der Waals surface area contributed by atoms with E-state index in [2.05, 4.69) is 69.2 Å². The van der Waals surface area contributed by atoms with Crippen LogP contribution in [0.25, 0.3) is 0 Å². The summed E-state index contributed by atoms with van der Waals surface area (Å²) in [7, 11) is 0. The van der Waals surface area contributed by atoms with E-state index in [0.29, 0.717) is 29.6 Å². The van der Waals surface area contributed by atoms with Crippen molar-refractivity contribution in [3.05, 3.63) is 28.2 Å². The number of hydrogen-bond acceptors (Lipinski definition) is 0. The second-order valence-electron chi connectivity index (χ2n) is 7.84. The predicted molar refractivity (Wildman–Crippen MR) is 91.5 cm³/mol. The van der Waals surface area contributed by atoms with Gasteiger partial charge in [0, 0.05) is 5.92 Å². The smallest absolute Gasteiger partial charge is 0.0294 e. The van der Waals surface area contributed by atoms with Crippen LogP contribution in [-0.2, 0) is 0 Å². The highest BCUT2D eigenvalue weighted by molar-refractivity contribution is 5.63. The standard InChI is InChI=1S/C20H35/c1-11(2)16-17(12(3)4)19(14(7)8)20(15(9)10)18(16)13(5)6/h11-15H,1-10H3. The Balaban J connectivity index is 3.62. The molecular formula is C20H35. The molecule has 0 fully saturated rings. The third-order valence-corrected chi connectivity index (χ3v) is 4.34. The van der Waals surface area contributed by atoms with E-state index in [4.69, 9.17) is 0 Å². The van der Waals surface area contributed by atoms with Gasteiger partial charge in [0.05, 0.1) is 0 Å². The Hall–Kier alpha value is -0.520. The molecule has 0 N–H and O–H groups in total. The van der Waals surface area contributed by atoms with Crippen LogP contribution in [0.3, 0.4) is 0 Å². The van der Waals surface area contributed by atoms with Gasteiger partial charge in [0.2, 0.25) is 0 Å². The van der Waals surface area contributed by atoms with Crippen LogP contribution in [0.5, 0.6) is 0 Å². The molecule has 115 valence electrons. The lowest BCUT2D eigenvalue weighted by Crippen LogP contribution is -2.16. The lowest BCUT2D eigenvalue weighted by Gasteiger charge is -2.27. The van der Waals surface area contributed by atoms with Crippen LogP contribution < -0.4 is 0 Å². The molecule has 0 heterocycles. The number of allylic oxidation sites excluding steroid dienone is 4. The van der Waals surface area contributed by atoms with Gasteiger partial charge in [-0.25, -0.2) is 0 Å². The highest BCUT2D eigenvalue weighted by Crippen LogP contribution is 2.52. The van der Waals surface area contributed by atoms with Crippen LogP contribution in [0.2, 0.25) is 0 Å². The second-order valence-corrected chi connectivity index (χ2v) is 7.84. The van der Waals surface area contributed by atoms with Gasteiger partial charge in [0.25, 0.3) is 0 Å². The van der Waals surface area contributed by atoms with Crippen LogP contribution >= 0.6 is 0 Å². The highest BCUT2D eigenvalue weighted by Gasteiger charge is 2.39. The fourth-order valence-electron chi connectivity index (χ4n) is 3.84. The second kappa shape index (κ2) is 6.50. The van der Waals surface area contributed by atoms with Crippen molar-refractivity contribution in [1.82, 2.24) is 0 Å². The molecule has 1 aliphatic rings. The molecule has 0 saturated heterocycles. The average Bonchev–Trinajstić information content (AvgIpc) is 2.64. The van der Waals surface area contributed by atoms with Crippen molar-refractivity contribution in [2.24, 2.45) is 29.6 Å². The summed E-state index contributed by atoms with van der Waals surface area (Å²) < 4.78 is 0. The van der Waals surface area contributed by atoms with E-state index < -0.39 is 0 Å². The Kier molecular flexibility index (Phi) is 5.70. The lowest BCUT2D eigenvalue weighted by atomic mass is 9.76. The summed E-state index contributed by atoms with van der Waals surface area (Å²) in [4.78, 5) is 0. The number of hydrogen-bond donors (Lipinski definition) is 0. The van der Waals surface area contributed by atoms with E-state index in [1.807, 2.05) is 0 Å². The zero-order valence-corrected chi connectivity index (χ0v) is 15.4. The van der Waals surface area contributed by atoms with E-state index in [9.17, 15) is 0 Å². The molecule has 1 radical (unpaired) electrons. The molecule has 0 aromatic carbocycles. The van der Waals surface area contributed by atoms with Crippen LogP contribution in [0, 0.1) is 35.5 Å². The molecule has 0 heteroatoms. The first kappa shape index (κ1) is 17.5. The Morgan fingerprint density at radius 3 is 0.750 bits per heavy atom. The quantitative estimate of drug-likeness (QED) is 0.541. The third kappa shape index (κ3) is 3.05. The first-order chi connectivity index (χ1) is 9.11. The van der Waals surface area contributed by atoms with Gasteiger partial charge in [-0.3, -0.25) is 0 Å². The molecule has 20 heavy (non-hydrogen) atoms. The van der Waals surface area contributed by atoms with Crippen molar-refractivity contribution in [2.45, 2.75) is 69.2 Å². The minimum Gasteiger partial charge on any atom is -0.0616 e. The average molecular weight is 276 g/mol. The van der Waals surface area contributed by atoms with Crippen molar-refractivity contribution in [3.8, 4) is 0 Å². The summed E-state index contributed by atoms with van der Waals surface area (Å²) in [6, 6.07) is 0. The Morgan fingerprint density at radius 1 is 0.350 bits per heavy atom. The maximum absolute atomic E-state index is 2.36. The van der Waals surface area contributed by atoms with Crippen molar-refractivity contribution in [2.75, 3.05) is 0 Å². The van der Waals surface area contributed by atoms with Gasteiger partial charge >= 0.3 is 0 Å². The molecule has 0 atom stereocenters. The maximum Gasteiger partial charge on any atom is 0.0294 e. The number of rotatable bonds is 5. The molecule has 0 aromatic heterocycles. The van der Waals surface area contributed by atoms with E-state index in [0.717, 1.165) is 0 Å². The molecule has 0 amide bonds. The van der Waals surface area contributed by atoms with Gasteiger partial charge in [-0.15, -0.1) is 0 Å². The Bertz CT molecular complexity index is 364. The summed E-state index contributed by atoms with van der Waals surface area (Å²) >= 11 is 0. The SMILES string of the molecule is CC(C)[C]1C(C(C)C)=C(C(C)C)C(C(C)C)=C1C(C)C. The van der Waals surface area contributed by atoms with Crippen LogP contribution in [0.1, 0.15) is 69.2 Å². The molecule has 0 nitrogen and oxygen atoms in total. The fourth-order valence-corrected chi connectivity index (χ4v) is 3.84. The van der Waals surface area contributed by atoms with Crippen molar-refractivity contribution < 1.29 is 0 Å². The van der Waals surface area contributed by atoms with E-state index in [1.165, 1.54) is 0 Å². The molecular weight excluding hydrogens is 240 g/mol. The molecule has 0 aliphatic heterocycles. The van der Waals surface area contributed by atoms with Crippen molar-refractivity contribution in [3.63, 3.8) is 0 Å². The monoisotopic (exact) mass is 275 g/mol. The molecule has 0 spiro atoms. The van der Waals surface area contributed by atoms with Gasteiger partial charge in [-0.2, -0.15) is 0 Å². The van der Waals surface area contributed by atoms with E-state index in [1.54, 1.807) is 28.2 Å². The predicted octanol–water partition coefficient (Wildman–Crippen LogP) is 6.45. The normalized spacial score (nSPS) is 18.1. The highest BCUT2D eigenvalue weighted by atomic mass is 14.4. The first-order valence-corrected chi connectivity index (χ1v) is 8.47. The molecule has 1 aliphatic carbocycles. The topological polar surface area (TPSA) is 0 Å². The van der Waals surface area contributed by atoms with Gasteiger partial charge in [-0.1, -0.05) is 80.4 Å². The lowest BCUT2D eigenvalue weighted by molar-refractivity contribution is 0.598. The van der Waals surface area contributed by atoms with Gasteiger partial charge < -0.3 is 0 Å². The summed E-state index contributed by atoms with van der Waals surface area (Å²) in [5, 5.41) is 0. The van der Waals surface area contributed by atoms with Crippen molar-refractivity contribution >= 4 is 0 Å². The summed E-state index contributed by atoms with van der Waals surface area (Å²) in [6.45, 7) is 23.6. The molecule has 1 rings (SSSR count). The largest absolute Gasteiger partial charge is 0.0616 e. The van der Waals surface area contributed by atoms with Gasteiger partial charge in [0.15, 0.2) is 0 Å². The zero-order valence-electron chi connectivity index (χ0n) is 15.4. The summed E-state index contributed by atoms with van der Waals surface area (Å²) in [5.41, 5.74) is 6.62. The molecule has 0 bridgehead atoms. The Morgan fingerprint density at radius 2 is 0.600 bits per heavy atom. The summed E-state index contributed by atoms with van der Waals surface area (Å²) in [6.07, 6.45) is 0. The van der Waals surface area contributed by atoms with E-state index >= 15 is 0 Å². The minimum absolute atomic E-state index is 0.620. The van der Waals surface area contributed by atoms with Crippen molar-refractivity contribution in [1.29, 1.82) is 0 Å². The van der Waals surface area contributed by atoms with Gasteiger partial charge in [0.1, 0.15) is 0 Å². The molecule has 0 unspecified atom stereocenters. The maximum atomic E-state index is 2.36. The Labute approximate surface area is 127 Å². The first-order valence-electron chi connectivity index (χ1n) is 8.47. The summed E-state index contributed by atoms with van der Waals surface area (Å²) in [5.74, 6) is 4.76. The minimum atomic E-state index is 0.620.